The van der Waals surface area contributed by atoms with Crippen LogP contribution in [0.25, 0.3) is 4.85 Å². The molecule has 4 heteroatoms. The van der Waals surface area contributed by atoms with Crippen LogP contribution >= 0.6 is 0 Å². The number of hydrogen-bond acceptors (Lipinski definition) is 3. The summed E-state index contributed by atoms with van der Waals surface area (Å²) in [5.41, 5.74) is 10.5. The van der Waals surface area contributed by atoms with E-state index in [9.17, 15) is 5.26 Å². The quantitative estimate of drug-likeness (QED) is 0.633. The average Bonchev–Trinajstić information content (AvgIpc) is 2.89. The van der Waals surface area contributed by atoms with Crippen LogP contribution in [0, 0.1) is 52.5 Å². The molecule has 0 N–H and O–H groups in total. The summed E-state index contributed by atoms with van der Waals surface area (Å²) in [7, 11) is 2.01. The summed E-state index contributed by atoms with van der Waals surface area (Å²) in [6.45, 7) is 20.4. The van der Waals surface area contributed by atoms with Crippen molar-refractivity contribution in [1.29, 1.82) is 5.26 Å². The molecule has 1 aliphatic heterocycles. The summed E-state index contributed by atoms with van der Waals surface area (Å²) in [5.74, 6) is 0. The number of hydrogen-bond donors (Lipinski definition) is 0. The van der Waals surface area contributed by atoms with E-state index in [1.165, 1.54) is 33.5 Å². The van der Waals surface area contributed by atoms with Gasteiger partial charge in [0.15, 0.2) is 5.69 Å². The molecular formula is C22H24N4. The molecule has 0 radical (unpaired) electrons. The SMILES string of the molecule is [C-]#[N+]c1cc(C#N)c2c(c1)N(c1c(C)c(C)c(C)c(C)c1C)[C@@H](C)N2C. The minimum Gasteiger partial charge on any atom is -0.352 e. The normalized spacial score (nSPS) is 15.7. The van der Waals surface area contributed by atoms with E-state index in [0.29, 0.717) is 11.3 Å². The molecule has 4 nitrogen and oxygen atoms in total. The maximum Gasteiger partial charge on any atom is 0.190 e. The van der Waals surface area contributed by atoms with E-state index in [2.05, 4.69) is 62.3 Å². The zero-order valence-corrected chi connectivity index (χ0v) is 16.5. The van der Waals surface area contributed by atoms with Crippen LogP contribution in [0.4, 0.5) is 22.7 Å². The molecule has 0 aliphatic carbocycles. The zero-order valence-electron chi connectivity index (χ0n) is 16.5. The van der Waals surface area contributed by atoms with Crippen LogP contribution in [0.1, 0.15) is 40.3 Å². The van der Waals surface area contributed by atoms with Crippen molar-refractivity contribution in [2.45, 2.75) is 47.7 Å². The summed E-state index contributed by atoms with van der Waals surface area (Å²) in [6, 6.07) is 5.87. The Balaban J connectivity index is 2.39. The summed E-state index contributed by atoms with van der Waals surface area (Å²) in [6.07, 6.45) is 0.0667. The zero-order chi connectivity index (χ0) is 19.3. The Bertz CT molecular complexity index is 976. The first-order chi connectivity index (χ1) is 12.2. The first-order valence-electron chi connectivity index (χ1n) is 8.79. The third kappa shape index (κ3) is 2.26. The fraction of sp³-hybridized carbons (Fsp3) is 0.364. The molecule has 1 heterocycles. The predicted octanol–water partition coefficient (Wildman–Crippen LogP) is 5.59. The minimum absolute atomic E-state index is 0.0667. The monoisotopic (exact) mass is 344 g/mol. The largest absolute Gasteiger partial charge is 0.352 e. The molecule has 0 aromatic heterocycles. The van der Waals surface area contributed by atoms with Gasteiger partial charge in [-0.15, -0.1) is 0 Å². The van der Waals surface area contributed by atoms with Gasteiger partial charge in [-0.25, -0.2) is 4.85 Å². The van der Waals surface area contributed by atoms with Crippen LogP contribution in [0.15, 0.2) is 12.1 Å². The lowest BCUT2D eigenvalue weighted by molar-refractivity contribution is 0.730. The second-order valence-corrected chi connectivity index (χ2v) is 7.17. The molecule has 0 spiro atoms. The number of anilines is 3. The fourth-order valence-corrected chi connectivity index (χ4v) is 4.02. The van der Waals surface area contributed by atoms with Crippen molar-refractivity contribution in [3.63, 3.8) is 0 Å². The van der Waals surface area contributed by atoms with Crippen molar-refractivity contribution in [2.24, 2.45) is 0 Å². The summed E-state index contributed by atoms with van der Waals surface area (Å²) in [5, 5.41) is 9.62. The van der Waals surface area contributed by atoms with Gasteiger partial charge in [0.2, 0.25) is 0 Å². The number of benzene rings is 2. The second kappa shape index (κ2) is 6.07. The Morgan fingerprint density at radius 2 is 1.50 bits per heavy atom. The lowest BCUT2D eigenvalue weighted by atomic mass is 9.92. The molecule has 2 aromatic carbocycles. The Kier molecular flexibility index (Phi) is 4.17. The summed E-state index contributed by atoms with van der Waals surface area (Å²) < 4.78 is 0. The van der Waals surface area contributed by atoms with Gasteiger partial charge in [0, 0.05) is 12.7 Å². The average molecular weight is 344 g/mol. The molecule has 0 saturated heterocycles. The van der Waals surface area contributed by atoms with Crippen LogP contribution in [-0.2, 0) is 0 Å². The Labute approximate surface area is 156 Å². The van der Waals surface area contributed by atoms with Crippen molar-refractivity contribution in [2.75, 3.05) is 16.8 Å². The third-order valence-electron chi connectivity index (χ3n) is 6.07. The van der Waals surface area contributed by atoms with Crippen LogP contribution in [0.5, 0.6) is 0 Å². The predicted molar refractivity (Wildman–Crippen MR) is 108 cm³/mol. The van der Waals surface area contributed by atoms with Gasteiger partial charge < -0.3 is 9.80 Å². The minimum atomic E-state index is 0.0667. The van der Waals surface area contributed by atoms with E-state index in [-0.39, 0.29) is 6.17 Å². The molecule has 1 aliphatic rings. The van der Waals surface area contributed by atoms with Crippen molar-refractivity contribution < 1.29 is 0 Å². The summed E-state index contributed by atoms with van der Waals surface area (Å²) >= 11 is 0. The molecule has 0 saturated carbocycles. The molecule has 2 aromatic rings. The van der Waals surface area contributed by atoms with E-state index in [4.69, 9.17) is 6.57 Å². The second-order valence-electron chi connectivity index (χ2n) is 7.17. The number of fused-ring (bicyclic) bond motifs is 1. The van der Waals surface area contributed by atoms with Gasteiger partial charge in [0.05, 0.1) is 23.5 Å². The Morgan fingerprint density at radius 3 is 2.00 bits per heavy atom. The fourth-order valence-electron chi connectivity index (χ4n) is 4.02. The molecule has 132 valence electrons. The van der Waals surface area contributed by atoms with E-state index < -0.39 is 0 Å². The molecular weight excluding hydrogens is 320 g/mol. The van der Waals surface area contributed by atoms with Gasteiger partial charge in [-0.3, -0.25) is 0 Å². The Morgan fingerprint density at radius 1 is 0.962 bits per heavy atom. The van der Waals surface area contributed by atoms with E-state index in [0.717, 1.165) is 11.4 Å². The van der Waals surface area contributed by atoms with Crippen molar-refractivity contribution in [1.82, 2.24) is 0 Å². The topological polar surface area (TPSA) is 34.6 Å². The van der Waals surface area contributed by atoms with Crippen LogP contribution in [0.2, 0.25) is 0 Å². The highest BCUT2D eigenvalue weighted by atomic mass is 15.4. The maximum atomic E-state index is 9.62. The molecule has 0 bridgehead atoms. The van der Waals surface area contributed by atoms with Crippen molar-refractivity contribution >= 4 is 22.7 Å². The summed E-state index contributed by atoms with van der Waals surface area (Å²) in [4.78, 5) is 8.00. The van der Waals surface area contributed by atoms with Crippen LogP contribution in [0.3, 0.4) is 0 Å². The van der Waals surface area contributed by atoms with Gasteiger partial charge in [-0.1, -0.05) is 0 Å². The van der Waals surface area contributed by atoms with Gasteiger partial charge in [0.1, 0.15) is 12.2 Å². The third-order valence-corrected chi connectivity index (χ3v) is 6.07. The number of nitriles is 1. The molecule has 3 rings (SSSR count). The van der Waals surface area contributed by atoms with Gasteiger partial charge in [-0.05, 0) is 81.5 Å². The lowest BCUT2D eigenvalue weighted by Gasteiger charge is -2.32. The van der Waals surface area contributed by atoms with Crippen molar-refractivity contribution in [3.8, 4) is 6.07 Å². The maximum absolute atomic E-state index is 9.62. The van der Waals surface area contributed by atoms with Gasteiger partial charge >= 0.3 is 0 Å². The van der Waals surface area contributed by atoms with E-state index >= 15 is 0 Å². The van der Waals surface area contributed by atoms with Crippen LogP contribution < -0.4 is 9.80 Å². The van der Waals surface area contributed by atoms with E-state index in [1.807, 2.05) is 13.1 Å². The Hall–Kier alpha value is -2.98. The van der Waals surface area contributed by atoms with Gasteiger partial charge in [0.25, 0.3) is 0 Å². The molecule has 0 unspecified atom stereocenters. The van der Waals surface area contributed by atoms with Crippen LogP contribution in [-0.4, -0.2) is 13.2 Å². The standard InChI is InChI=1S/C22H24N4/c1-12-13(2)15(4)21(16(5)14(12)3)26-17(6)25(8)22-18(11-23)9-19(24-7)10-20(22)26/h9-10,17H,1-6,8H3/t17-/m0/s1. The number of nitrogens with zero attached hydrogens (tertiary/aromatic N) is 4. The molecule has 0 fully saturated rings. The molecule has 26 heavy (non-hydrogen) atoms. The first-order valence-corrected chi connectivity index (χ1v) is 8.79. The smallest absolute Gasteiger partial charge is 0.190 e. The molecule has 0 amide bonds. The highest BCUT2D eigenvalue weighted by Crippen LogP contribution is 2.49. The highest BCUT2D eigenvalue weighted by Gasteiger charge is 2.36. The van der Waals surface area contributed by atoms with Gasteiger partial charge in [-0.2, -0.15) is 5.26 Å². The molecule has 1 atom stereocenters. The number of rotatable bonds is 1. The van der Waals surface area contributed by atoms with Crippen molar-refractivity contribution in [3.05, 3.63) is 56.9 Å². The van der Waals surface area contributed by atoms with E-state index in [1.54, 1.807) is 6.07 Å². The highest BCUT2D eigenvalue weighted by molar-refractivity contribution is 5.91. The first kappa shape index (κ1) is 17.8. The lowest BCUT2D eigenvalue weighted by Crippen LogP contribution is -2.36.